The lowest BCUT2D eigenvalue weighted by Crippen LogP contribution is -2.42. The van der Waals surface area contributed by atoms with Gasteiger partial charge in [0.05, 0.1) is 6.10 Å². The third-order valence-corrected chi connectivity index (χ3v) is 3.43. The Morgan fingerprint density at radius 1 is 1.42 bits per heavy atom. The second-order valence-corrected chi connectivity index (χ2v) is 5.35. The number of halogens is 3. The Hall–Kier alpha value is -0.550. The monoisotopic (exact) mass is 279 g/mol. The van der Waals surface area contributed by atoms with Crippen LogP contribution in [0.15, 0.2) is 12.7 Å². The molecule has 0 aromatic rings. The van der Waals surface area contributed by atoms with Gasteiger partial charge in [0.2, 0.25) is 0 Å². The Bertz CT molecular complexity index is 268. The van der Waals surface area contributed by atoms with Gasteiger partial charge < -0.3 is 10.1 Å². The first kappa shape index (κ1) is 16.5. The van der Waals surface area contributed by atoms with Gasteiger partial charge in [0, 0.05) is 12.1 Å². The molecule has 0 radical (unpaired) electrons. The zero-order valence-corrected chi connectivity index (χ0v) is 11.5. The highest BCUT2D eigenvalue weighted by molar-refractivity contribution is 4.81. The average molecular weight is 279 g/mol. The Kier molecular flexibility index (Phi) is 6.86. The molecule has 1 aliphatic rings. The maximum atomic E-state index is 12.1. The Morgan fingerprint density at radius 2 is 2.16 bits per heavy atom. The summed E-state index contributed by atoms with van der Waals surface area (Å²) in [4.78, 5) is 0. The van der Waals surface area contributed by atoms with Gasteiger partial charge >= 0.3 is 6.18 Å². The van der Waals surface area contributed by atoms with Crippen molar-refractivity contribution in [2.75, 3.05) is 6.61 Å². The zero-order valence-electron chi connectivity index (χ0n) is 11.5. The number of hydrogen-bond acceptors (Lipinski definition) is 2. The summed E-state index contributed by atoms with van der Waals surface area (Å²) in [6, 6.07) is 0.635. The molecule has 0 spiro atoms. The van der Waals surface area contributed by atoms with Gasteiger partial charge in [-0.2, -0.15) is 13.2 Å². The van der Waals surface area contributed by atoms with E-state index in [1.807, 2.05) is 6.08 Å². The van der Waals surface area contributed by atoms with Crippen LogP contribution < -0.4 is 5.32 Å². The van der Waals surface area contributed by atoms with Gasteiger partial charge in [-0.15, -0.1) is 6.58 Å². The third kappa shape index (κ3) is 7.57. The van der Waals surface area contributed by atoms with Gasteiger partial charge in [-0.3, -0.25) is 0 Å². The second-order valence-electron chi connectivity index (χ2n) is 5.35. The van der Waals surface area contributed by atoms with E-state index in [-0.39, 0.29) is 12.1 Å². The molecule has 5 heteroatoms. The van der Waals surface area contributed by atoms with Gasteiger partial charge in [0.15, 0.2) is 0 Å². The van der Waals surface area contributed by atoms with E-state index in [2.05, 4.69) is 18.8 Å². The van der Waals surface area contributed by atoms with E-state index >= 15 is 0 Å². The number of nitrogens with one attached hydrogen (secondary N) is 1. The lowest BCUT2D eigenvalue weighted by molar-refractivity contribution is -0.188. The molecule has 0 heterocycles. The molecule has 1 aliphatic carbocycles. The van der Waals surface area contributed by atoms with Crippen molar-refractivity contribution in [2.24, 2.45) is 0 Å². The predicted molar refractivity (Wildman–Crippen MR) is 70.1 cm³/mol. The Labute approximate surface area is 113 Å². The summed E-state index contributed by atoms with van der Waals surface area (Å²) in [6.07, 6.45) is 2.71. The van der Waals surface area contributed by atoms with E-state index in [1.165, 1.54) is 0 Å². The molecule has 0 amide bonds. The fourth-order valence-electron chi connectivity index (χ4n) is 2.51. The van der Waals surface area contributed by atoms with Crippen LogP contribution >= 0.6 is 0 Å². The largest absolute Gasteiger partial charge is 0.411 e. The molecule has 0 aliphatic heterocycles. The molecule has 1 saturated carbocycles. The van der Waals surface area contributed by atoms with Crippen molar-refractivity contribution in [3.05, 3.63) is 12.7 Å². The summed E-state index contributed by atoms with van der Waals surface area (Å²) < 4.78 is 41.3. The van der Waals surface area contributed by atoms with Crippen LogP contribution in [-0.4, -0.2) is 31.0 Å². The summed E-state index contributed by atoms with van der Waals surface area (Å²) in [6.45, 7) is 4.66. The molecule has 112 valence electrons. The standard InChI is InChI=1S/C14H24F3NO/c1-3-4-6-11(2)18-12-7-5-8-13(9-12)19-10-14(15,16)17/h3,11-13,18H,1,4-10H2,2H3. The molecule has 3 atom stereocenters. The minimum Gasteiger partial charge on any atom is -0.369 e. The Balaban J connectivity index is 2.27. The number of ether oxygens (including phenoxy) is 1. The summed E-state index contributed by atoms with van der Waals surface area (Å²) in [7, 11) is 0. The predicted octanol–water partition coefficient (Wildman–Crippen LogP) is 3.82. The Morgan fingerprint density at radius 3 is 2.79 bits per heavy atom. The number of hydrogen-bond donors (Lipinski definition) is 1. The summed E-state index contributed by atoms with van der Waals surface area (Å²) >= 11 is 0. The van der Waals surface area contributed by atoms with Crippen LogP contribution in [0, 0.1) is 0 Å². The zero-order chi connectivity index (χ0) is 14.3. The molecular weight excluding hydrogens is 255 g/mol. The maximum absolute atomic E-state index is 12.1. The van der Waals surface area contributed by atoms with E-state index in [1.54, 1.807) is 0 Å². The first-order valence-electron chi connectivity index (χ1n) is 6.96. The van der Waals surface area contributed by atoms with E-state index in [4.69, 9.17) is 4.74 Å². The molecule has 19 heavy (non-hydrogen) atoms. The van der Waals surface area contributed by atoms with Crippen molar-refractivity contribution in [1.29, 1.82) is 0 Å². The van der Waals surface area contributed by atoms with Crippen molar-refractivity contribution in [3.8, 4) is 0 Å². The lowest BCUT2D eigenvalue weighted by Gasteiger charge is -2.32. The van der Waals surface area contributed by atoms with Crippen LogP contribution in [0.4, 0.5) is 13.2 Å². The minimum absolute atomic E-state index is 0.264. The van der Waals surface area contributed by atoms with Crippen LogP contribution in [0.3, 0.4) is 0 Å². The van der Waals surface area contributed by atoms with Crippen LogP contribution in [-0.2, 0) is 4.74 Å². The fraction of sp³-hybridized carbons (Fsp3) is 0.857. The van der Waals surface area contributed by atoms with E-state index in [0.717, 1.165) is 32.1 Å². The van der Waals surface area contributed by atoms with E-state index < -0.39 is 12.8 Å². The molecule has 0 aromatic carbocycles. The van der Waals surface area contributed by atoms with E-state index in [0.29, 0.717) is 12.5 Å². The van der Waals surface area contributed by atoms with Crippen molar-refractivity contribution in [1.82, 2.24) is 5.32 Å². The summed E-state index contributed by atoms with van der Waals surface area (Å²) in [5.74, 6) is 0. The van der Waals surface area contributed by atoms with Crippen LogP contribution in [0.2, 0.25) is 0 Å². The summed E-state index contributed by atoms with van der Waals surface area (Å²) in [5.41, 5.74) is 0. The minimum atomic E-state index is -4.22. The van der Waals surface area contributed by atoms with Crippen LogP contribution in [0.5, 0.6) is 0 Å². The first-order valence-corrected chi connectivity index (χ1v) is 6.96. The normalized spacial score (nSPS) is 26.1. The van der Waals surface area contributed by atoms with Gasteiger partial charge in [-0.1, -0.05) is 6.08 Å². The number of alkyl halides is 3. The van der Waals surface area contributed by atoms with Crippen molar-refractivity contribution in [2.45, 2.75) is 69.8 Å². The molecule has 2 nitrogen and oxygen atoms in total. The maximum Gasteiger partial charge on any atom is 0.411 e. The first-order chi connectivity index (χ1) is 8.90. The van der Waals surface area contributed by atoms with Crippen LogP contribution in [0.1, 0.15) is 45.4 Å². The molecule has 1 fully saturated rings. The average Bonchev–Trinajstić information content (AvgIpc) is 2.33. The van der Waals surface area contributed by atoms with Gasteiger partial charge in [0.25, 0.3) is 0 Å². The lowest BCUT2D eigenvalue weighted by atomic mass is 9.92. The third-order valence-electron chi connectivity index (χ3n) is 3.43. The van der Waals surface area contributed by atoms with Gasteiger partial charge in [-0.25, -0.2) is 0 Å². The molecule has 0 saturated heterocycles. The number of allylic oxidation sites excluding steroid dienone is 1. The SMILES string of the molecule is C=CCCC(C)NC1CCCC(OCC(F)(F)F)C1. The van der Waals surface area contributed by atoms with Crippen molar-refractivity contribution >= 4 is 0 Å². The fourth-order valence-corrected chi connectivity index (χ4v) is 2.51. The van der Waals surface area contributed by atoms with Crippen molar-refractivity contribution < 1.29 is 17.9 Å². The molecule has 0 aromatic heterocycles. The topological polar surface area (TPSA) is 21.3 Å². The molecule has 0 bridgehead atoms. The highest BCUT2D eigenvalue weighted by Gasteiger charge is 2.31. The van der Waals surface area contributed by atoms with Crippen molar-refractivity contribution in [3.63, 3.8) is 0 Å². The van der Waals surface area contributed by atoms with Gasteiger partial charge in [-0.05, 0) is 45.4 Å². The quantitative estimate of drug-likeness (QED) is 0.715. The highest BCUT2D eigenvalue weighted by atomic mass is 19.4. The molecule has 1 rings (SSSR count). The number of rotatable bonds is 7. The molecule has 1 N–H and O–H groups in total. The summed E-state index contributed by atoms with van der Waals surface area (Å²) in [5, 5.41) is 3.47. The second kappa shape index (κ2) is 7.90. The highest BCUT2D eigenvalue weighted by Crippen LogP contribution is 2.24. The smallest absolute Gasteiger partial charge is 0.369 e. The molecular formula is C14H24F3NO. The molecule has 3 unspecified atom stereocenters. The van der Waals surface area contributed by atoms with Gasteiger partial charge in [0.1, 0.15) is 6.61 Å². The van der Waals surface area contributed by atoms with Crippen LogP contribution in [0.25, 0.3) is 0 Å². The van der Waals surface area contributed by atoms with E-state index in [9.17, 15) is 13.2 Å².